The van der Waals surface area contributed by atoms with Crippen molar-refractivity contribution >= 4 is 11.8 Å². The molecule has 1 atom stereocenters. The van der Waals surface area contributed by atoms with E-state index in [-0.39, 0.29) is 16.9 Å². The van der Waals surface area contributed by atoms with Crippen LogP contribution in [0.4, 0.5) is 8.78 Å². The highest BCUT2D eigenvalue weighted by Gasteiger charge is 2.21. The Labute approximate surface area is 148 Å². The molecule has 0 saturated carbocycles. The van der Waals surface area contributed by atoms with Gasteiger partial charge >= 0.3 is 0 Å². The summed E-state index contributed by atoms with van der Waals surface area (Å²) >= 11 is 0. The summed E-state index contributed by atoms with van der Waals surface area (Å²) in [5, 5.41) is 19.6. The monoisotopic (exact) mass is 364 g/mol. The van der Waals surface area contributed by atoms with Crippen molar-refractivity contribution in [2.45, 2.75) is 26.4 Å². The molecule has 2 rings (SSSR count). The average molecular weight is 364 g/mol. The smallest absolute Gasteiger partial charge is 0.271 e. The quantitative estimate of drug-likeness (QED) is 0.624. The largest absolute Gasteiger partial charge is 0.508 e. The number of rotatable bonds is 4. The van der Waals surface area contributed by atoms with Crippen LogP contribution in [0.5, 0.6) is 5.75 Å². The number of phenolic OH excluding ortho intramolecular Hbond substituents is 1. The van der Waals surface area contributed by atoms with Crippen LogP contribution in [0.25, 0.3) is 0 Å². The highest BCUT2D eigenvalue weighted by atomic mass is 19.1. The summed E-state index contributed by atoms with van der Waals surface area (Å²) in [6.07, 6.45) is -1.39. The Kier molecular flexibility index (Phi) is 5.89. The minimum Gasteiger partial charge on any atom is -0.508 e. The van der Waals surface area contributed by atoms with E-state index in [1.54, 1.807) is 13.8 Å². The summed E-state index contributed by atoms with van der Waals surface area (Å²) in [4.78, 5) is 24.2. The Morgan fingerprint density at radius 3 is 2.31 bits per heavy atom. The van der Waals surface area contributed by atoms with Crippen molar-refractivity contribution in [1.82, 2.24) is 10.9 Å². The Balaban J connectivity index is 2.09. The zero-order chi connectivity index (χ0) is 19.4. The highest BCUT2D eigenvalue weighted by molar-refractivity contribution is 5.97. The zero-order valence-corrected chi connectivity index (χ0v) is 14.1. The van der Waals surface area contributed by atoms with Crippen molar-refractivity contribution < 1.29 is 28.6 Å². The lowest BCUT2D eigenvalue weighted by Gasteiger charge is -2.15. The Morgan fingerprint density at radius 2 is 1.73 bits per heavy atom. The predicted molar refractivity (Wildman–Crippen MR) is 89.1 cm³/mol. The van der Waals surface area contributed by atoms with Gasteiger partial charge in [0.25, 0.3) is 11.8 Å². The van der Waals surface area contributed by atoms with Gasteiger partial charge in [0.15, 0.2) is 6.10 Å². The molecule has 0 fully saturated rings. The number of nitrogens with one attached hydrogen (secondary N) is 2. The minimum absolute atomic E-state index is 0.0472. The molecular weight excluding hydrogens is 346 g/mol. The van der Waals surface area contributed by atoms with Crippen LogP contribution in [0.2, 0.25) is 0 Å². The summed E-state index contributed by atoms with van der Waals surface area (Å²) < 4.78 is 26.3. The van der Waals surface area contributed by atoms with E-state index in [9.17, 15) is 28.6 Å². The molecule has 4 N–H and O–H groups in total. The Morgan fingerprint density at radius 1 is 1.12 bits per heavy atom. The van der Waals surface area contributed by atoms with E-state index in [1.807, 2.05) is 5.43 Å². The summed E-state index contributed by atoms with van der Waals surface area (Å²) in [6.45, 7) is 3.46. The maximum absolute atomic E-state index is 13.2. The molecule has 0 aliphatic heterocycles. The number of phenols is 1. The van der Waals surface area contributed by atoms with Crippen molar-refractivity contribution in [2.24, 2.45) is 0 Å². The van der Waals surface area contributed by atoms with Crippen LogP contribution >= 0.6 is 0 Å². The van der Waals surface area contributed by atoms with Gasteiger partial charge in [-0.2, -0.15) is 0 Å². The molecule has 2 aromatic rings. The van der Waals surface area contributed by atoms with E-state index >= 15 is 0 Å². The number of hydrogen-bond donors (Lipinski definition) is 4. The van der Waals surface area contributed by atoms with Gasteiger partial charge < -0.3 is 10.2 Å². The number of carbonyl (C=O) groups is 2. The van der Waals surface area contributed by atoms with E-state index in [0.717, 1.165) is 12.1 Å². The number of aromatic hydroxyl groups is 1. The van der Waals surface area contributed by atoms with Gasteiger partial charge in [0, 0.05) is 11.6 Å². The molecule has 0 aromatic heterocycles. The van der Waals surface area contributed by atoms with Crippen molar-refractivity contribution in [2.75, 3.05) is 0 Å². The van der Waals surface area contributed by atoms with Gasteiger partial charge in [0.1, 0.15) is 17.4 Å². The number of halogens is 2. The lowest BCUT2D eigenvalue weighted by atomic mass is 9.98. The lowest BCUT2D eigenvalue weighted by Crippen LogP contribution is -2.44. The van der Waals surface area contributed by atoms with E-state index < -0.39 is 29.6 Å². The number of hydrazine groups is 1. The van der Waals surface area contributed by atoms with E-state index in [1.165, 1.54) is 12.1 Å². The van der Waals surface area contributed by atoms with Crippen LogP contribution < -0.4 is 10.9 Å². The van der Waals surface area contributed by atoms with Crippen LogP contribution in [0, 0.1) is 18.6 Å². The molecule has 0 saturated heterocycles. The van der Waals surface area contributed by atoms with E-state index in [0.29, 0.717) is 23.6 Å². The summed E-state index contributed by atoms with van der Waals surface area (Å²) in [5.74, 6) is -3.55. The number of amides is 2. The number of aliphatic hydroxyl groups is 1. The molecule has 138 valence electrons. The van der Waals surface area contributed by atoms with E-state index in [2.05, 4.69) is 5.43 Å². The fourth-order valence-corrected chi connectivity index (χ4v) is 2.55. The maximum Gasteiger partial charge on any atom is 0.271 e. The molecule has 6 nitrogen and oxygen atoms in total. The third-order valence-electron chi connectivity index (χ3n) is 3.92. The van der Waals surface area contributed by atoms with Gasteiger partial charge in [-0.25, -0.2) is 8.78 Å². The van der Waals surface area contributed by atoms with Gasteiger partial charge in [-0.1, -0.05) is 6.92 Å². The van der Waals surface area contributed by atoms with Crippen molar-refractivity contribution in [1.29, 1.82) is 0 Å². The maximum atomic E-state index is 13.2. The van der Waals surface area contributed by atoms with Crippen LogP contribution in [-0.4, -0.2) is 22.0 Å². The SMILES string of the molecule is CCc1c(C(=O)NNC(=O)[C@H](O)c2cc(F)cc(F)c2)ccc(O)c1C. The van der Waals surface area contributed by atoms with Crippen LogP contribution in [0.15, 0.2) is 30.3 Å². The van der Waals surface area contributed by atoms with Gasteiger partial charge in [-0.3, -0.25) is 20.4 Å². The third-order valence-corrected chi connectivity index (χ3v) is 3.92. The van der Waals surface area contributed by atoms with Gasteiger partial charge in [0.05, 0.1) is 0 Å². The van der Waals surface area contributed by atoms with Crippen LogP contribution in [0.3, 0.4) is 0 Å². The fourth-order valence-electron chi connectivity index (χ4n) is 2.55. The number of aliphatic hydroxyl groups excluding tert-OH is 1. The fraction of sp³-hybridized carbons (Fsp3) is 0.222. The highest BCUT2D eigenvalue weighted by Crippen LogP contribution is 2.24. The second-order valence-electron chi connectivity index (χ2n) is 5.64. The van der Waals surface area contributed by atoms with Gasteiger partial charge in [-0.05, 0) is 54.3 Å². The molecule has 0 bridgehead atoms. The topological polar surface area (TPSA) is 98.7 Å². The van der Waals surface area contributed by atoms with Gasteiger partial charge in [-0.15, -0.1) is 0 Å². The molecule has 0 aliphatic carbocycles. The second-order valence-corrected chi connectivity index (χ2v) is 5.64. The number of benzene rings is 2. The number of hydrogen-bond acceptors (Lipinski definition) is 4. The standard InChI is InChI=1S/C18H18F2N2O4/c1-3-13-9(2)15(23)5-4-14(13)17(25)21-22-18(26)16(24)10-6-11(19)8-12(20)7-10/h4-8,16,23-24H,3H2,1-2H3,(H,21,25)(H,22,26)/t16-/m1/s1. The predicted octanol–water partition coefficient (Wildman–Crippen LogP) is 2.04. The molecule has 8 heteroatoms. The lowest BCUT2D eigenvalue weighted by molar-refractivity contribution is -0.130. The Bertz CT molecular complexity index is 835. The molecule has 0 unspecified atom stereocenters. The zero-order valence-electron chi connectivity index (χ0n) is 14.1. The molecular formula is C18H18F2N2O4. The summed E-state index contributed by atoms with van der Waals surface area (Å²) in [5.41, 5.74) is 5.24. The first-order chi connectivity index (χ1) is 12.2. The van der Waals surface area contributed by atoms with Crippen LogP contribution in [-0.2, 0) is 11.2 Å². The molecule has 0 aliphatic rings. The van der Waals surface area contributed by atoms with Crippen molar-refractivity contribution in [3.63, 3.8) is 0 Å². The molecule has 2 aromatic carbocycles. The second kappa shape index (κ2) is 7.92. The first-order valence-corrected chi connectivity index (χ1v) is 7.80. The van der Waals surface area contributed by atoms with Crippen molar-refractivity contribution in [3.05, 3.63) is 64.2 Å². The number of carbonyl (C=O) groups excluding carboxylic acids is 2. The normalized spacial score (nSPS) is 11.7. The van der Waals surface area contributed by atoms with Crippen molar-refractivity contribution in [3.8, 4) is 5.75 Å². The average Bonchev–Trinajstić information content (AvgIpc) is 2.59. The van der Waals surface area contributed by atoms with Crippen LogP contribution in [0.1, 0.15) is 40.1 Å². The Hall–Kier alpha value is -3.00. The first-order valence-electron chi connectivity index (χ1n) is 7.80. The molecule has 26 heavy (non-hydrogen) atoms. The summed E-state index contributed by atoms with van der Waals surface area (Å²) in [7, 11) is 0. The summed E-state index contributed by atoms with van der Waals surface area (Å²) in [6, 6.07) is 4.99. The molecule has 0 heterocycles. The molecule has 2 amide bonds. The molecule has 0 radical (unpaired) electrons. The first kappa shape index (κ1) is 19.3. The third kappa shape index (κ3) is 4.15. The molecule has 0 spiro atoms. The van der Waals surface area contributed by atoms with Gasteiger partial charge in [0.2, 0.25) is 0 Å². The van der Waals surface area contributed by atoms with E-state index in [4.69, 9.17) is 0 Å². The minimum atomic E-state index is -1.87.